The van der Waals surface area contributed by atoms with Crippen molar-refractivity contribution < 1.29 is 9.90 Å². The van der Waals surface area contributed by atoms with Crippen LogP contribution in [-0.2, 0) is 4.79 Å². The average molecular weight is 212 g/mol. The third kappa shape index (κ3) is 2.32. The molecule has 0 aliphatic carbocycles. The van der Waals surface area contributed by atoms with Gasteiger partial charge in [-0.1, -0.05) is 0 Å². The van der Waals surface area contributed by atoms with Crippen molar-refractivity contribution in [3.63, 3.8) is 0 Å². The Morgan fingerprint density at radius 3 is 2.40 bits per heavy atom. The van der Waals surface area contributed by atoms with Crippen molar-refractivity contribution in [1.29, 1.82) is 0 Å². The van der Waals surface area contributed by atoms with Gasteiger partial charge in [0.05, 0.1) is 6.42 Å². The minimum absolute atomic E-state index is 0.0480. The maximum Gasteiger partial charge on any atom is 0.305 e. The van der Waals surface area contributed by atoms with Crippen LogP contribution < -0.4 is 5.32 Å². The molecule has 2 N–H and O–H groups in total. The number of rotatable bonds is 3. The van der Waals surface area contributed by atoms with Gasteiger partial charge >= 0.3 is 5.97 Å². The summed E-state index contributed by atoms with van der Waals surface area (Å²) in [6.07, 6.45) is 4.75. The van der Waals surface area contributed by atoms with E-state index in [0.717, 1.165) is 39.0 Å². The summed E-state index contributed by atoms with van der Waals surface area (Å²) < 4.78 is 0. The van der Waals surface area contributed by atoms with E-state index in [9.17, 15) is 4.79 Å². The number of carboxylic acids is 1. The highest BCUT2D eigenvalue weighted by atomic mass is 16.4. The number of piperidine rings is 1. The summed E-state index contributed by atoms with van der Waals surface area (Å²) in [5.74, 6) is -0.649. The Bertz CT molecular complexity index is 231. The van der Waals surface area contributed by atoms with Gasteiger partial charge in [-0.15, -0.1) is 0 Å². The largest absolute Gasteiger partial charge is 0.481 e. The Morgan fingerprint density at radius 2 is 1.87 bits per heavy atom. The molecule has 4 heteroatoms. The van der Waals surface area contributed by atoms with Crippen molar-refractivity contribution in [3.8, 4) is 0 Å². The van der Waals surface area contributed by atoms with Crippen molar-refractivity contribution in [2.24, 2.45) is 0 Å². The fourth-order valence-corrected chi connectivity index (χ4v) is 2.97. The standard InChI is InChI=1S/C11H20N2O2/c14-10(15)9-11(3-5-12-6-4-11)13-7-1-2-8-13/h12H,1-9H2,(H,14,15). The summed E-state index contributed by atoms with van der Waals surface area (Å²) in [6.45, 7) is 4.11. The van der Waals surface area contributed by atoms with E-state index in [2.05, 4.69) is 10.2 Å². The first kappa shape index (κ1) is 10.9. The Morgan fingerprint density at radius 1 is 1.27 bits per heavy atom. The van der Waals surface area contributed by atoms with Gasteiger partial charge in [-0.05, 0) is 51.9 Å². The van der Waals surface area contributed by atoms with Crippen molar-refractivity contribution in [2.45, 2.75) is 37.6 Å². The second-order valence-corrected chi connectivity index (χ2v) is 4.74. The smallest absolute Gasteiger partial charge is 0.305 e. The molecule has 2 aliphatic rings. The van der Waals surface area contributed by atoms with E-state index in [1.165, 1.54) is 12.8 Å². The first-order valence-corrected chi connectivity index (χ1v) is 5.91. The van der Waals surface area contributed by atoms with E-state index in [-0.39, 0.29) is 5.54 Å². The van der Waals surface area contributed by atoms with Crippen LogP contribution in [0.4, 0.5) is 0 Å². The van der Waals surface area contributed by atoms with Crippen molar-refractivity contribution >= 4 is 5.97 Å². The molecule has 0 aromatic heterocycles. The summed E-state index contributed by atoms with van der Waals surface area (Å²) in [4.78, 5) is 13.4. The second-order valence-electron chi connectivity index (χ2n) is 4.74. The van der Waals surface area contributed by atoms with E-state index < -0.39 is 5.97 Å². The number of carbonyl (C=O) groups is 1. The van der Waals surface area contributed by atoms with Gasteiger partial charge in [-0.25, -0.2) is 0 Å². The summed E-state index contributed by atoms with van der Waals surface area (Å²) >= 11 is 0. The van der Waals surface area contributed by atoms with Crippen LogP contribution in [0.1, 0.15) is 32.1 Å². The summed E-state index contributed by atoms with van der Waals surface area (Å²) in [5.41, 5.74) is -0.0480. The van der Waals surface area contributed by atoms with E-state index >= 15 is 0 Å². The molecule has 4 nitrogen and oxygen atoms in total. The first-order valence-electron chi connectivity index (χ1n) is 5.91. The average Bonchev–Trinajstić information content (AvgIpc) is 2.71. The third-order valence-corrected chi connectivity index (χ3v) is 3.79. The first-order chi connectivity index (χ1) is 7.23. The molecule has 86 valence electrons. The van der Waals surface area contributed by atoms with Crippen molar-refractivity contribution in [3.05, 3.63) is 0 Å². The van der Waals surface area contributed by atoms with Gasteiger partial charge in [0.2, 0.25) is 0 Å². The van der Waals surface area contributed by atoms with Gasteiger partial charge in [0.1, 0.15) is 0 Å². The minimum atomic E-state index is -0.649. The number of carboxylic acid groups (broad SMARTS) is 1. The van der Waals surface area contributed by atoms with Crippen LogP contribution in [0.3, 0.4) is 0 Å². The third-order valence-electron chi connectivity index (χ3n) is 3.79. The number of aliphatic carboxylic acids is 1. The van der Waals surface area contributed by atoms with Crippen molar-refractivity contribution in [2.75, 3.05) is 26.2 Å². The molecule has 0 atom stereocenters. The molecule has 2 fully saturated rings. The van der Waals surface area contributed by atoms with Crippen LogP contribution in [0.15, 0.2) is 0 Å². The van der Waals surface area contributed by atoms with E-state index in [4.69, 9.17) is 5.11 Å². The number of hydrogen-bond acceptors (Lipinski definition) is 3. The molecule has 2 heterocycles. The topological polar surface area (TPSA) is 52.6 Å². The molecule has 15 heavy (non-hydrogen) atoms. The van der Waals surface area contributed by atoms with Gasteiger partial charge in [-0.2, -0.15) is 0 Å². The quantitative estimate of drug-likeness (QED) is 0.722. The monoisotopic (exact) mass is 212 g/mol. The Kier molecular flexibility index (Phi) is 3.26. The molecule has 2 saturated heterocycles. The van der Waals surface area contributed by atoms with Crippen LogP contribution >= 0.6 is 0 Å². The molecular weight excluding hydrogens is 192 g/mol. The van der Waals surface area contributed by atoms with Gasteiger partial charge in [0.25, 0.3) is 0 Å². The molecule has 0 unspecified atom stereocenters. The van der Waals surface area contributed by atoms with Gasteiger partial charge in [0, 0.05) is 5.54 Å². The Labute approximate surface area is 90.6 Å². The molecule has 0 amide bonds. The lowest BCUT2D eigenvalue weighted by Crippen LogP contribution is -2.54. The molecule has 0 saturated carbocycles. The predicted octanol–water partition coefficient (Wildman–Crippen LogP) is 0.679. The summed E-state index contributed by atoms with van der Waals surface area (Å²) in [6, 6.07) is 0. The molecule has 2 rings (SSSR count). The van der Waals surface area contributed by atoms with Crippen molar-refractivity contribution in [1.82, 2.24) is 10.2 Å². The second kappa shape index (κ2) is 4.49. The highest BCUT2D eigenvalue weighted by Gasteiger charge is 2.40. The highest BCUT2D eigenvalue weighted by Crippen LogP contribution is 2.32. The number of likely N-dealkylation sites (tertiary alicyclic amines) is 1. The Hall–Kier alpha value is -0.610. The number of nitrogens with zero attached hydrogens (tertiary/aromatic N) is 1. The molecule has 0 bridgehead atoms. The van der Waals surface area contributed by atoms with E-state index in [1.54, 1.807) is 0 Å². The Balaban J connectivity index is 2.08. The minimum Gasteiger partial charge on any atom is -0.481 e. The molecule has 0 radical (unpaired) electrons. The lowest BCUT2D eigenvalue weighted by Gasteiger charge is -2.44. The summed E-state index contributed by atoms with van der Waals surface area (Å²) in [5, 5.41) is 12.4. The van der Waals surface area contributed by atoms with Gasteiger partial charge in [-0.3, -0.25) is 9.69 Å². The number of hydrogen-bond donors (Lipinski definition) is 2. The van der Waals surface area contributed by atoms with E-state index in [0.29, 0.717) is 6.42 Å². The predicted molar refractivity (Wildman–Crippen MR) is 57.9 cm³/mol. The van der Waals surface area contributed by atoms with Gasteiger partial charge < -0.3 is 10.4 Å². The zero-order valence-electron chi connectivity index (χ0n) is 9.17. The van der Waals surface area contributed by atoms with Crippen LogP contribution in [0, 0.1) is 0 Å². The molecular formula is C11H20N2O2. The lowest BCUT2D eigenvalue weighted by atomic mass is 9.83. The molecule has 0 aromatic carbocycles. The fourth-order valence-electron chi connectivity index (χ4n) is 2.97. The fraction of sp³-hybridized carbons (Fsp3) is 0.909. The maximum atomic E-state index is 11.0. The highest BCUT2D eigenvalue weighted by molar-refractivity contribution is 5.68. The normalized spacial score (nSPS) is 26.7. The van der Waals surface area contributed by atoms with E-state index in [1.807, 2.05) is 0 Å². The molecule has 2 aliphatic heterocycles. The van der Waals surface area contributed by atoms with Crippen LogP contribution in [0.5, 0.6) is 0 Å². The maximum absolute atomic E-state index is 11.0. The van der Waals surface area contributed by atoms with Crippen LogP contribution in [0.25, 0.3) is 0 Å². The SMILES string of the molecule is O=C(O)CC1(N2CCCC2)CCNCC1. The lowest BCUT2D eigenvalue weighted by molar-refractivity contribution is -0.141. The van der Waals surface area contributed by atoms with Crippen LogP contribution in [-0.4, -0.2) is 47.7 Å². The zero-order valence-corrected chi connectivity index (χ0v) is 9.17. The molecule has 0 spiro atoms. The summed E-state index contributed by atoms with van der Waals surface area (Å²) in [7, 11) is 0. The van der Waals surface area contributed by atoms with Gasteiger partial charge in [0.15, 0.2) is 0 Å². The zero-order chi connectivity index (χ0) is 10.7. The van der Waals surface area contributed by atoms with Crippen LogP contribution in [0.2, 0.25) is 0 Å². The molecule has 0 aromatic rings. The number of nitrogens with one attached hydrogen (secondary N) is 1.